The Morgan fingerprint density at radius 2 is 1.07 bits per heavy atom. The van der Waals surface area contributed by atoms with Crippen LogP contribution < -0.4 is 0 Å². The molecule has 0 bridgehead atoms. The van der Waals surface area contributed by atoms with Crippen LogP contribution in [0.2, 0.25) is 0 Å². The first-order valence-electron chi connectivity index (χ1n) is 3.24. The lowest BCUT2D eigenvalue weighted by atomic mass is 10.4. The van der Waals surface area contributed by atoms with E-state index in [0.29, 0.717) is 0 Å². The van der Waals surface area contributed by atoms with Gasteiger partial charge in [0.15, 0.2) is 0 Å². The highest BCUT2D eigenvalue weighted by molar-refractivity contribution is 14.0. The van der Waals surface area contributed by atoms with Crippen molar-refractivity contribution in [3.05, 3.63) is 36.4 Å². The summed E-state index contributed by atoms with van der Waals surface area (Å²) < 4.78 is 31.7. The highest BCUT2D eigenvalue weighted by atomic mass is 127. The van der Waals surface area contributed by atoms with Crippen molar-refractivity contribution in [3.8, 4) is 0 Å². The normalized spacial score (nSPS) is 9.07. The van der Waals surface area contributed by atoms with Crippen LogP contribution in [0.1, 0.15) is 0 Å². The van der Waals surface area contributed by atoms with Crippen molar-refractivity contribution in [1.82, 2.24) is 0 Å². The number of carboxylic acid groups (broad SMARTS) is 1. The van der Waals surface area contributed by atoms with Gasteiger partial charge in [0.1, 0.15) is 0 Å². The third-order valence-corrected chi connectivity index (χ3v) is 0.909. The predicted octanol–water partition coefficient (Wildman–Crippen LogP) is 2.94. The zero-order chi connectivity index (χ0) is 10.3. The molecule has 1 N–H and O–H groups in total. The SMILES string of the molecule is I.O=C(O)C(F)(F)F.c1ccccc1. The van der Waals surface area contributed by atoms with Crippen molar-refractivity contribution < 1.29 is 23.1 Å². The molecular weight excluding hydrogens is 312 g/mol. The summed E-state index contributed by atoms with van der Waals surface area (Å²) in [5, 5.41) is 7.12. The third kappa shape index (κ3) is 9.30. The minimum atomic E-state index is -5.08. The van der Waals surface area contributed by atoms with E-state index in [1.54, 1.807) is 0 Å². The molecule has 0 aliphatic rings. The van der Waals surface area contributed by atoms with E-state index < -0.39 is 12.1 Å². The summed E-state index contributed by atoms with van der Waals surface area (Å²) in [4.78, 5) is 8.90. The summed E-state index contributed by atoms with van der Waals surface area (Å²) in [6.07, 6.45) is -5.08. The molecule has 0 radical (unpaired) electrons. The zero-order valence-corrected chi connectivity index (χ0v) is 9.19. The first-order valence-corrected chi connectivity index (χ1v) is 3.24. The number of carbonyl (C=O) groups is 1. The number of rotatable bonds is 0. The van der Waals surface area contributed by atoms with Gasteiger partial charge in [-0.25, -0.2) is 4.79 Å². The van der Waals surface area contributed by atoms with Crippen LogP contribution in [-0.2, 0) is 4.79 Å². The Morgan fingerprint density at radius 3 is 1.14 bits per heavy atom. The summed E-state index contributed by atoms with van der Waals surface area (Å²) in [6.45, 7) is 0. The van der Waals surface area contributed by atoms with Crippen LogP contribution in [0.5, 0.6) is 0 Å². The Kier molecular flexibility index (Phi) is 8.51. The molecule has 2 nitrogen and oxygen atoms in total. The number of hydrogen-bond donors (Lipinski definition) is 1. The van der Waals surface area contributed by atoms with Gasteiger partial charge in [-0.1, -0.05) is 36.4 Å². The lowest BCUT2D eigenvalue weighted by molar-refractivity contribution is -0.192. The van der Waals surface area contributed by atoms with Gasteiger partial charge in [0, 0.05) is 0 Å². The number of carboxylic acids is 1. The zero-order valence-electron chi connectivity index (χ0n) is 6.86. The van der Waals surface area contributed by atoms with E-state index >= 15 is 0 Å². The Labute approximate surface area is 95.8 Å². The molecule has 14 heavy (non-hydrogen) atoms. The van der Waals surface area contributed by atoms with Crippen molar-refractivity contribution in [2.24, 2.45) is 0 Å². The van der Waals surface area contributed by atoms with E-state index in [2.05, 4.69) is 0 Å². The van der Waals surface area contributed by atoms with Crippen molar-refractivity contribution in [2.45, 2.75) is 6.18 Å². The fourth-order valence-corrected chi connectivity index (χ4v) is 0.385. The lowest BCUT2D eigenvalue weighted by Gasteiger charge is -1.93. The van der Waals surface area contributed by atoms with E-state index in [0.717, 1.165) is 0 Å². The van der Waals surface area contributed by atoms with Crippen LogP contribution in [0, 0.1) is 0 Å². The molecule has 0 aromatic heterocycles. The molecule has 0 unspecified atom stereocenters. The monoisotopic (exact) mass is 320 g/mol. The van der Waals surface area contributed by atoms with E-state index in [1.165, 1.54) is 0 Å². The summed E-state index contributed by atoms with van der Waals surface area (Å²) in [5.41, 5.74) is 0. The number of benzene rings is 1. The molecular formula is C8H8F3IO2. The molecule has 1 aromatic carbocycles. The minimum Gasteiger partial charge on any atom is -0.475 e. The van der Waals surface area contributed by atoms with Crippen LogP contribution in [0.4, 0.5) is 13.2 Å². The topological polar surface area (TPSA) is 37.3 Å². The predicted molar refractivity (Wildman–Crippen MR) is 55.5 cm³/mol. The summed E-state index contributed by atoms with van der Waals surface area (Å²) in [7, 11) is 0. The third-order valence-electron chi connectivity index (χ3n) is 0.909. The molecule has 0 fully saturated rings. The maximum atomic E-state index is 10.6. The van der Waals surface area contributed by atoms with E-state index in [9.17, 15) is 13.2 Å². The van der Waals surface area contributed by atoms with E-state index in [-0.39, 0.29) is 24.0 Å². The quantitative estimate of drug-likeness (QED) is 0.746. The fraction of sp³-hybridized carbons (Fsp3) is 0.125. The van der Waals surface area contributed by atoms with Crippen molar-refractivity contribution in [1.29, 1.82) is 0 Å². The Balaban J connectivity index is 0. The van der Waals surface area contributed by atoms with Crippen LogP contribution >= 0.6 is 24.0 Å². The maximum Gasteiger partial charge on any atom is 0.490 e. The Bertz CT molecular complexity index is 222. The van der Waals surface area contributed by atoms with Crippen molar-refractivity contribution >= 4 is 29.9 Å². The molecule has 0 aliphatic heterocycles. The van der Waals surface area contributed by atoms with Gasteiger partial charge in [-0.05, 0) is 0 Å². The molecule has 1 aromatic rings. The fourth-order valence-electron chi connectivity index (χ4n) is 0.385. The van der Waals surface area contributed by atoms with Gasteiger partial charge in [0.25, 0.3) is 0 Å². The molecule has 1 rings (SSSR count). The van der Waals surface area contributed by atoms with Crippen LogP contribution in [-0.4, -0.2) is 17.3 Å². The van der Waals surface area contributed by atoms with Crippen LogP contribution in [0.3, 0.4) is 0 Å². The molecule has 0 amide bonds. The Hall–Kier alpha value is -0.790. The highest BCUT2D eigenvalue weighted by Gasteiger charge is 2.38. The van der Waals surface area contributed by atoms with Gasteiger partial charge in [0.05, 0.1) is 0 Å². The molecule has 6 heteroatoms. The average molecular weight is 320 g/mol. The second kappa shape index (κ2) is 7.60. The van der Waals surface area contributed by atoms with Gasteiger partial charge in [0.2, 0.25) is 0 Å². The maximum absolute atomic E-state index is 10.6. The number of aliphatic carboxylic acids is 1. The lowest BCUT2D eigenvalue weighted by Crippen LogP contribution is -2.21. The van der Waals surface area contributed by atoms with Crippen LogP contribution in [0.15, 0.2) is 36.4 Å². The Morgan fingerprint density at radius 1 is 0.929 bits per heavy atom. The van der Waals surface area contributed by atoms with Gasteiger partial charge >= 0.3 is 12.1 Å². The molecule has 80 valence electrons. The van der Waals surface area contributed by atoms with Crippen molar-refractivity contribution in [2.75, 3.05) is 0 Å². The molecule has 0 saturated heterocycles. The van der Waals surface area contributed by atoms with Gasteiger partial charge < -0.3 is 5.11 Å². The van der Waals surface area contributed by atoms with Gasteiger partial charge in [-0.3, -0.25) is 0 Å². The average Bonchev–Trinajstić information content (AvgIpc) is 2.07. The minimum absolute atomic E-state index is 0. The number of alkyl halides is 3. The molecule has 0 saturated carbocycles. The second-order valence-corrected chi connectivity index (χ2v) is 1.96. The summed E-state index contributed by atoms with van der Waals surface area (Å²) in [6, 6.07) is 12.0. The number of halogens is 4. The largest absolute Gasteiger partial charge is 0.490 e. The first-order chi connectivity index (χ1) is 5.94. The van der Waals surface area contributed by atoms with Crippen molar-refractivity contribution in [3.63, 3.8) is 0 Å². The number of hydrogen-bond acceptors (Lipinski definition) is 1. The summed E-state index contributed by atoms with van der Waals surface area (Å²) in [5.74, 6) is -2.76. The summed E-state index contributed by atoms with van der Waals surface area (Å²) >= 11 is 0. The molecule has 0 aliphatic carbocycles. The standard InChI is InChI=1S/C6H6.C2HF3O2.HI/c1-2-4-6-5-3-1;3-2(4,5)1(6)7;/h1-6H;(H,6,7);1H. The van der Waals surface area contributed by atoms with Gasteiger partial charge in [-0.2, -0.15) is 13.2 Å². The molecule has 0 spiro atoms. The van der Waals surface area contributed by atoms with Crippen LogP contribution in [0.25, 0.3) is 0 Å². The second-order valence-electron chi connectivity index (χ2n) is 1.96. The molecule has 0 heterocycles. The van der Waals surface area contributed by atoms with Gasteiger partial charge in [-0.15, -0.1) is 24.0 Å². The smallest absolute Gasteiger partial charge is 0.475 e. The highest BCUT2D eigenvalue weighted by Crippen LogP contribution is 2.13. The first kappa shape index (κ1) is 15.7. The van der Waals surface area contributed by atoms with E-state index in [4.69, 9.17) is 9.90 Å². The molecule has 0 atom stereocenters. The van der Waals surface area contributed by atoms with E-state index in [1.807, 2.05) is 36.4 Å².